The average molecular weight is 346 g/mol. The predicted octanol–water partition coefficient (Wildman–Crippen LogP) is 0.686. The van der Waals surface area contributed by atoms with Crippen LogP contribution in [0.25, 0.3) is 0 Å². The van der Waals surface area contributed by atoms with Crippen LogP contribution < -0.4 is 25.8 Å². The molecule has 0 bridgehead atoms. The van der Waals surface area contributed by atoms with Crippen LogP contribution in [0, 0.1) is 6.92 Å². The summed E-state index contributed by atoms with van der Waals surface area (Å²) in [6.45, 7) is 3.54. The fourth-order valence-electron chi connectivity index (χ4n) is 2.08. The Balaban J connectivity index is 0.00000484. The van der Waals surface area contributed by atoms with Crippen LogP contribution in [0.1, 0.15) is 24.1 Å². The smallest absolute Gasteiger partial charge is 0.239 e. The molecule has 1 atom stereocenters. The van der Waals surface area contributed by atoms with Crippen molar-refractivity contribution in [2.45, 2.75) is 19.9 Å². The summed E-state index contributed by atoms with van der Waals surface area (Å²) in [6.07, 6.45) is 0. The maximum atomic E-state index is 11.8. The monoisotopic (exact) mass is 345 g/mol. The first kappa shape index (κ1) is 21.0. The van der Waals surface area contributed by atoms with Gasteiger partial charge in [0.05, 0.1) is 33.4 Å². The molecule has 1 aromatic carbocycles. The predicted molar refractivity (Wildman–Crippen MR) is 90.2 cm³/mol. The fraction of sp³-hybridized carbons (Fsp3) is 0.467. The van der Waals surface area contributed by atoms with Gasteiger partial charge in [-0.2, -0.15) is 0 Å². The van der Waals surface area contributed by atoms with E-state index in [-0.39, 0.29) is 43.4 Å². The highest BCUT2D eigenvalue weighted by molar-refractivity contribution is 5.86. The molecule has 23 heavy (non-hydrogen) atoms. The Kier molecular flexibility index (Phi) is 9.05. The van der Waals surface area contributed by atoms with Gasteiger partial charge in [-0.3, -0.25) is 9.59 Å². The maximum absolute atomic E-state index is 11.8. The minimum Gasteiger partial charge on any atom is -0.493 e. The van der Waals surface area contributed by atoms with E-state index in [0.29, 0.717) is 11.5 Å². The summed E-state index contributed by atoms with van der Waals surface area (Å²) in [5.74, 6) is 0.576. The molecule has 0 aromatic heterocycles. The van der Waals surface area contributed by atoms with E-state index >= 15 is 0 Å². The van der Waals surface area contributed by atoms with Gasteiger partial charge in [-0.05, 0) is 37.1 Å². The number of rotatable bonds is 7. The van der Waals surface area contributed by atoms with E-state index in [0.717, 1.165) is 11.1 Å². The van der Waals surface area contributed by atoms with E-state index < -0.39 is 0 Å². The van der Waals surface area contributed by atoms with Crippen molar-refractivity contribution < 1.29 is 19.1 Å². The molecule has 1 rings (SSSR count). The van der Waals surface area contributed by atoms with Gasteiger partial charge in [0.25, 0.3) is 0 Å². The molecule has 4 N–H and O–H groups in total. The van der Waals surface area contributed by atoms with Gasteiger partial charge in [0.1, 0.15) is 0 Å². The number of halogens is 1. The molecule has 7 nitrogen and oxygen atoms in total. The van der Waals surface area contributed by atoms with Crippen LogP contribution in [0.2, 0.25) is 0 Å². The van der Waals surface area contributed by atoms with Gasteiger partial charge >= 0.3 is 0 Å². The lowest BCUT2D eigenvalue weighted by atomic mass is 10.0. The molecule has 0 radical (unpaired) electrons. The zero-order chi connectivity index (χ0) is 16.7. The Morgan fingerprint density at radius 3 is 2.26 bits per heavy atom. The number of aryl methyl sites for hydroxylation is 1. The Labute approximate surface area is 142 Å². The second kappa shape index (κ2) is 9.91. The van der Waals surface area contributed by atoms with Crippen molar-refractivity contribution in [3.8, 4) is 11.5 Å². The summed E-state index contributed by atoms with van der Waals surface area (Å²) in [6, 6.07) is 3.45. The number of amides is 2. The Morgan fingerprint density at radius 1 is 1.17 bits per heavy atom. The summed E-state index contributed by atoms with van der Waals surface area (Å²) in [7, 11) is 3.13. The molecule has 0 saturated heterocycles. The second-order valence-corrected chi connectivity index (χ2v) is 4.83. The molecule has 0 aliphatic carbocycles. The SMILES string of the molecule is COc1cc(C)c(C(C)NC(=O)CNC(=O)CN)cc1OC.Cl. The largest absolute Gasteiger partial charge is 0.493 e. The van der Waals surface area contributed by atoms with E-state index in [4.69, 9.17) is 15.2 Å². The van der Waals surface area contributed by atoms with Crippen LogP contribution in [-0.4, -0.2) is 39.1 Å². The molecule has 0 aliphatic rings. The summed E-state index contributed by atoms with van der Waals surface area (Å²) in [5, 5.41) is 5.24. The molecule has 1 aromatic rings. The number of ether oxygens (including phenoxy) is 2. The Morgan fingerprint density at radius 2 is 1.74 bits per heavy atom. The highest BCUT2D eigenvalue weighted by Gasteiger charge is 2.16. The molecule has 0 heterocycles. The summed E-state index contributed by atoms with van der Waals surface area (Å²) in [5.41, 5.74) is 7.04. The van der Waals surface area contributed by atoms with Crippen molar-refractivity contribution in [3.05, 3.63) is 23.3 Å². The minimum atomic E-state index is -0.370. The Bertz CT molecular complexity index is 552. The average Bonchev–Trinajstić information content (AvgIpc) is 2.51. The Hall–Kier alpha value is -1.99. The van der Waals surface area contributed by atoms with Crippen LogP contribution in [0.15, 0.2) is 12.1 Å². The van der Waals surface area contributed by atoms with E-state index in [1.807, 2.05) is 26.0 Å². The zero-order valence-corrected chi connectivity index (χ0v) is 14.6. The minimum absolute atomic E-state index is 0. The number of hydrogen-bond donors (Lipinski definition) is 3. The van der Waals surface area contributed by atoms with Gasteiger partial charge < -0.3 is 25.8 Å². The van der Waals surface area contributed by atoms with Crippen molar-refractivity contribution in [2.75, 3.05) is 27.3 Å². The van der Waals surface area contributed by atoms with Crippen LogP contribution in [-0.2, 0) is 9.59 Å². The van der Waals surface area contributed by atoms with Crippen molar-refractivity contribution in [1.29, 1.82) is 0 Å². The third-order valence-electron chi connectivity index (χ3n) is 3.25. The number of nitrogens with two attached hydrogens (primary N) is 1. The van der Waals surface area contributed by atoms with Crippen LogP contribution in [0.5, 0.6) is 11.5 Å². The third kappa shape index (κ3) is 5.96. The van der Waals surface area contributed by atoms with Gasteiger partial charge in [-0.25, -0.2) is 0 Å². The molecule has 1 unspecified atom stereocenters. The van der Waals surface area contributed by atoms with Crippen molar-refractivity contribution in [1.82, 2.24) is 10.6 Å². The van der Waals surface area contributed by atoms with Crippen LogP contribution >= 0.6 is 12.4 Å². The van der Waals surface area contributed by atoms with E-state index in [1.54, 1.807) is 14.2 Å². The van der Waals surface area contributed by atoms with Crippen LogP contribution in [0.4, 0.5) is 0 Å². The summed E-state index contributed by atoms with van der Waals surface area (Å²) in [4.78, 5) is 22.8. The lowest BCUT2D eigenvalue weighted by molar-refractivity contribution is -0.125. The quantitative estimate of drug-likeness (QED) is 0.674. The normalized spacial score (nSPS) is 11.0. The molecular weight excluding hydrogens is 322 g/mol. The lowest BCUT2D eigenvalue weighted by Crippen LogP contribution is -2.40. The standard InChI is InChI=1S/C15H23N3O4.ClH/c1-9-5-12(21-3)13(22-4)6-11(9)10(2)18-15(20)8-17-14(19)7-16;/h5-6,10H,7-8,16H2,1-4H3,(H,17,19)(H,18,20);1H. The topological polar surface area (TPSA) is 103 Å². The highest BCUT2D eigenvalue weighted by atomic mass is 35.5. The molecule has 0 spiro atoms. The fourth-order valence-corrected chi connectivity index (χ4v) is 2.08. The lowest BCUT2D eigenvalue weighted by Gasteiger charge is -2.19. The van der Waals surface area contributed by atoms with Gasteiger partial charge in [-0.1, -0.05) is 0 Å². The number of carbonyl (C=O) groups excluding carboxylic acids is 2. The van der Waals surface area contributed by atoms with E-state index in [9.17, 15) is 9.59 Å². The van der Waals surface area contributed by atoms with Crippen molar-refractivity contribution in [3.63, 3.8) is 0 Å². The first-order chi connectivity index (χ1) is 10.4. The van der Waals surface area contributed by atoms with Gasteiger partial charge in [0.2, 0.25) is 11.8 Å². The number of carbonyl (C=O) groups is 2. The number of benzene rings is 1. The van der Waals surface area contributed by atoms with Crippen molar-refractivity contribution >= 4 is 24.2 Å². The van der Waals surface area contributed by atoms with Gasteiger partial charge in [0.15, 0.2) is 11.5 Å². The summed E-state index contributed by atoms with van der Waals surface area (Å²) < 4.78 is 10.5. The number of methoxy groups -OCH3 is 2. The zero-order valence-electron chi connectivity index (χ0n) is 13.8. The first-order valence-electron chi connectivity index (χ1n) is 6.91. The maximum Gasteiger partial charge on any atom is 0.239 e. The summed E-state index contributed by atoms with van der Waals surface area (Å²) >= 11 is 0. The third-order valence-corrected chi connectivity index (χ3v) is 3.25. The molecule has 2 amide bonds. The molecule has 8 heteroatoms. The van der Waals surface area contributed by atoms with Gasteiger partial charge in [0, 0.05) is 0 Å². The molecule has 0 saturated carbocycles. The van der Waals surface area contributed by atoms with Crippen LogP contribution in [0.3, 0.4) is 0 Å². The van der Waals surface area contributed by atoms with Gasteiger partial charge in [-0.15, -0.1) is 12.4 Å². The first-order valence-corrected chi connectivity index (χ1v) is 6.91. The highest BCUT2D eigenvalue weighted by Crippen LogP contribution is 2.32. The molecular formula is C15H24ClN3O4. The van der Waals surface area contributed by atoms with E-state index in [1.165, 1.54) is 0 Å². The molecule has 130 valence electrons. The van der Waals surface area contributed by atoms with E-state index in [2.05, 4.69) is 10.6 Å². The van der Waals surface area contributed by atoms with Crippen molar-refractivity contribution in [2.24, 2.45) is 5.73 Å². The number of nitrogens with one attached hydrogen (secondary N) is 2. The number of hydrogen-bond acceptors (Lipinski definition) is 5. The molecule has 0 aliphatic heterocycles. The molecule has 0 fully saturated rings. The second-order valence-electron chi connectivity index (χ2n) is 4.83.